The Morgan fingerprint density at radius 2 is 1.30 bits per heavy atom. The number of carbonyl (C=O) groups is 1. The molecule has 0 saturated heterocycles. The van der Waals surface area contributed by atoms with Gasteiger partial charge in [-0.05, 0) is 0 Å². The minimum absolute atomic E-state index is 0. The van der Waals surface area contributed by atoms with E-state index in [1.165, 1.54) is 0 Å². The first-order valence-electron chi connectivity index (χ1n) is 0.880. The molecule has 0 unspecified atom stereocenters. The summed E-state index contributed by atoms with van der Waals surface area (Å²) in [7, 11) is 0. The molecule has 0 saturated carbocycles. The highest BCUT2D eigenvalue weighted by atomic mass is 16.3. The standard InChI is InChI=1S/CH2O2.CO2.2CH4.2H3N.H2/c2*2-1-3;;;;;/h1H,(H,2,3);;2*1H4;2*1H3;1H. The fourth-order valence-corrected chi connectivity index (χ4v) is 0. The quantitative estimate of drug-likeness (QED) is 0.470. The summed E-state index contributed by atoms with van der Waals surface area (Å²) in [5, 5.41) is 8.25. The zero-order chi connectivity index (χ0) is 5.41. The van der Waals surface area contributed by atoms with Gasteiger partial charge in [0, 0.05) is 7.90 Å². The minimum Gasteiger partial charge on any atom is -0.554 e. The predicted molar refractivity (Wildman–Crippen MR) is 37.7 cm³/mol. The normalized spacial score (nSPS) is 2.00. The Kier molecular flexibility index (Phi) is 4140. The summed E-state index contributed by atoms with van der Waals surface area (Å²) in [6, 6.07) is 0. The van der Waals surface area contributed by atoms with Crippen molar-refractivity contribution in [1.29, 1.82) is 0 Å². The van der Waals surface area contributed by atoms with E-state index < -0.39 is 6.47 Å². The third-order valence-electron chi connectivity index (χ3n) is 0. The van der Waals surface area contributed by atoms with E-state index in [9.17, 15) is 0 Å². The molecule has 0 atom stereocenters. The summed E-state index contributed by atoms with van der Waals surface area (Å²) in [5.74, 6) is 0. The van der Waals surface area contributed by atoms with Gasteiger partial charge in [-0.25, -0.2) is 0 Å². The molecule has 6 nitrogen and oxygen atoms in total. The van der Waals surface area contributed by atoms with Crippen LogP contribution in [-0.2, 0) is 14.4 Å². The molecule has 0 aromatic rings. The summed E-state index contributed by atoms with van der Waals surface area (Å²) in [5.41, 5.74) is 0. The monoisotopic (exact) mass is 158 g/mol. The van der Waals surface area contributed by atoms with Crippen LogP contribution in [0, 0.1) is 0 Å². The van der Waals surface area contributed by atoms with E-state index in [1.807, 2.05) is 0 Å². The van der Waals surface area contributed by atoms with Crippen LogP contribution in [0.1, 0.15) is 16.3 Å². The Labute approximate surface area is 61.9 Å². The molecule has 0 bridgehead atoms. The number of hydrogen-bond acceptors (Lipinski definition) is 5. The summed E-state index contributed by atoms with van der Waals surface area (Å²) in [4.78, 5) is 24.5. The Morgan fingerprint density at radius 1 is 1.30 bits per heavy atom. The van der Waals surface area contributed by atoms with E-state index in [0.29, 0.717) is 0 Å². The molecule has 0 fully saturated rings. The van der Waals surface area contributed by atoms with Gasteiger partial charge in [-0.3, -0.25) is 0 Å². The van der Waals surface area contributed by atoms with E-state index in [0.717, 1.165) is 0 Å². The number of carbonyl (C=O) groups excluding carboxylic acids is 3. The lowest BCUT2D eigenvalue weighted by Crippen LogP contribution is -2.01. The molecule has 10 heavy (non-hydrogen) atoms. The SMILES string of the molecule is C.C.N.O=C=O.O=C[O-].[HH].[NH4+]. The third kappa shape index (κ3) is 149. The molecule has 0 heterocycles. The van der Waals surface area contributed by atoms with Gasteiger partial charge >= 0.3 is 6.15 Å². The maximum absolute atomic E-state index is 8.25. The van der Waals surface area contributed by atoms with Crippen molar-refractivity contribution in [3.8, 4) is 0 Å². The van der Waals surface area contributed by atoms with E-state index in [2.05, 4.69) is 0 Å². The second-order valence-corrected chi connectivity index (χ2v) is 0.180. The Morgan fingerprint density at radius 3 is 1.30 bits per heavy atom. The molecule has 0 aliphatic carbocycles. The summed E-state index contributed by atoms with van der Waals surface area (Å²) < 4.78 is 0. The van der Waals surface area contributed by atoms with Crippen molar-refractivity contribution in [2.45, 2.75) is 14.9 Å². The van der Waals surface area contributed by atoms with E-state index in [1.54, 1.807) is 0 Å². The van der Waals surface area contributed by atoms with Crippen LogP contribution >= 0.6 is 0 Å². The predicted octanol–water partition coefficient (Wildman–Crippen LogP) is -0.161. The molecule has 0 aliphatic heterocycles. The van der Waals surface area contributed by atoms with Gasteiger partial charge < -0.3 is 22.2 Å². The van der Waals surface area contributed by atoms with E-state index >= 15 is 0 Å². The molecule has 0 aromatic heterocycles. The highest BCUT2D eigenvalue weighted by molar-refractivity contribution is 5.29. The highest BCUT2D eigenvalue weighted by Crippen LogP contribution is 0.787. The van der Waals surface area contributed by atoms with Crippen molar-refractivity contribution in [2.75, 3.05) is 0 Å². The van der Waals surface area contributed by atoms with Gasteiger partial charge in [0.15, 0.2) is 0 Å². The van der Waals surface area contributed by atoms with E-state index in [4.69, 9.17) is 19.5 Å². The summed E-state index contributed by atoms with van der Waals surface area (Å²) in [6.07, 6.45) is 0.250. The second kappa shape index (κ2) is 601. The molecule has 0 aromatic carbocycles. The van der Waals surface area contributed by atoms with Crippen LogP contribution in [0.3, 0.4) is 0 Å². The topological polar surface area (TPSA) is 146 Å². The lowest BCUT2D eigenvalue weighted by Gasteiger charge is -1.52. The van der Waals surface area contributed by atoms with E-state index in [-0.39, 0.29) is 34.7 Å². The Balaban J connectivity index is -0.00000000400. The van der Waals surface area contributed by atoms with Crippen molar-refractivity contribution in [3.63, 3.8) is 0 Å². The molecule has 0 radical (unpaired) electrons. The number of quaternary nitrogens is 1. The fraction of sp³-hybridized carbons (Fsp3) is 0.500. The Hall–Kier alpha value is -1.23. The van der Waals surface area contributed by atoms with Crippen LogP contribution in [0.5, 0.6) is 0 Å². The van der Waals surface area contributed by atoms with Crippen LogP contribution in [0.25, 0.3) is 0 Å². The first kappa shape index (κ1) is 69.0. The smallest absolute Gasteiger partial charge is 0.373 e. The molecule has 6 heteroatoms. The minimum atomic E-state index is -0.500. The lowest BCUT2D eigenvalue weighted by molar-refractivity contribution is -0.283. The van der Waals surface area contributed by atoms with Crippen LogP contribution in [0.15, 0.2) is 0 Å². The average Bonchev–Trinajstić information content (AvgIpc) is 1.39. The van der Waals surface area contributed by atoms with Gasteiger partial charge in [-0.15, -0.1) is 0 Å². The van der Waals surface area contributed by atoms with Crippen molar-refractivity contribution < 1.29 is 20.9 Å². The number of hydrogen-bond donors (Lipinski definition) is 2. The molecular formula is C4H18N2O4. The number of carboxylic acid groups (broad SMARTS) is 1. The maximum atomic E-state index is 8.25. The molecule has 0 aliphatic rings. The van der Waals surface area contributed by atoms with Crippen molar-refractivity contribution in [1.82, 2.24) is 12.3 Å². The largest absolute Gasteiger partial charge is 0.554 e. The average molecular weight is 158 g/mol. The molecule has 0 amide bonds. The molecule has 0 spiro atoms. The van der Waals surface area contributed by atoms with Crippen LogP contribution in [-0.4, -0.2) is 12.6 Å². The van der Waals surface area contributed by atoms with Gasteiger partial charge in [0.1, 0.15) is 0 Å². The van der Waals surface area contributed by atoms with Gasteiger partial charge in [0.05, 0.1) is 0 Å². The van der Waals surface area contributed by atoms with Crippen LogP contribution < -0.4 is 17.4 Å². The van der Waals surface area contributed by atoms with Gasteiger partial charge in [-0.1, -0.05) is 14.9 Å². The van der Waals surface area contributed by atoms with Crippen molar-refractivity contribution in [3.05, 3.63) is 0 Å². The van der Waals surface area contributed by atoms with Gasteiger partial charge in [0.2, 0.25) is 0 Å². The fourth-order valence-electron chi connectivity index (χ4n) is 0. The van der Waals surface area contributed by atoms with Crippen LogP contribution in [0.2, 0.25) is 0 Å². The summed E-state index contributed by atoms with van der Waals surface area (Å²) >= 11 is 0. The van der Waals surface area contributed by atoms with Crippen molar-refractivity contribution in [2.24, 2.45) is 0 Å². The molecule has 68 valence electrons. The number of rotatable bonds is 0. The molecular weight excluding hydrogens is 140 g/mol. The van der Waals surface area contributed by atoms with Crippen LogP contribution in [0.4, 0.5) is 0 Å². The highest BCUT2D eigenvalue weighted by Gasteiger charge is 1.13. The molecule has 0 rings (SSSR count). The maximum Gasteiger partial charge on any atom is 0.373 e. The zero-order valence-corrected chi connectivity index (χ0v) is 4.42. The van der Waals surface area contributed by atoms with Gasteiger partial charge in [-0.2, -0.15) is 9.59 Å². The third-order valence-corrected chi connectivity index (χ3v) is 0. The lowest BCUT2D eigenvalue weighted by atomic mass is 11.7. The second-order valence-electron chi connectivity index (χ2n) is 0.180. The van der Waals surface area contributed by atoms with Crippen molar-refractivity contribution >= 4 is 12.6 Å². The molecule has 7 N–H and O–H groups in total. The zero-order valence-electron chi connectivity index (χ0n) is 4.42. The first-order chi connectivity index (χ1) is 2.83. The Bertz CT molecular complexity index is 65.1. The van der Waals surface area contributed by atoms with Gasteiger partial charge in [0.25, 0.3) is 0 Å². The first-order valence-corrected chi connectivity index (χ1v) is 0.880. The summed E-state index contributed by atoms with van der Waals surface area (Å²) in [6.45, 7) is -0.500.